The van der Waals surface area contributed by atoms with E-state index in [0.29, 0.717) is 31.1 Å². The first-order valence-corrected chi connectivity index (χ1v) is 9.21. The summed E-state index contributed by atoms with van der Waals surface area (Å²) in [5.74, 6) is 0.484. The van der Waals surface area contributed by atoms with Crippen LogP contribution in [0.15, 0.2) is 6.33 Å². The number of tetrazole rings is 1. The first-order chi connectivity index (χ1) is 12.2. The molecule has 5 atom stereocenters. The van der Waals surface area contributed by atoms with Crippen LogP contribution in [0.4, 0.5) is 0 Å². The fraction of sp³-hybridized carbons (Fsp3) is 0.867. The van der Waals surface area contributed by atoms with Gasteiger partial charge in [-0.25, -0.2) is 10.1 Å². The second-order valence-corrected chi connectivity index (χ2v) is 7.39. The Labute approximate surface area is 147 Å². The predicted molar refractivity (Wildman–Crippen MR) is 89.5 cm³/mol. The topological polar surface area (TPSA) is 112 Å². The fourth-order valence-corrected chi connectivity index (χ4v) is 4.42. The van der Waals surface area contributed by atoms with Crippen molar-refractivity contribution in [2.75, 3.05) is 20.1 Å². The number of carbonyl (C=O) groups excluding carboxylic acids is 1. The van der Waals surface area contributed by atoms with Gasteiger partial charge in [0.2, 0.25) is 5.91 Å². The van der Waals surface area contributed by atoms with Crippen LogP contribution in [-0.4, -0.2) is 63.2 Å². The normalized spacial score (nSPS) is 35.3. The third-order valence-electron chi connectivity index (χ3n) is 5.81. The van der Waals surface area contributed by atoms with Crippen molar-refractivity contribution >= 4 is 5.91 Å². The SMILES string of the molecule is CN(CC1NNC2CCCCCC21)C(=O)C1CNNC1n1cnnn1. The smallest absolute Gasteiger partial charge is 0.230 e. The lowest BCUT2D eigenvalue weighted by Crippen LogP contribution is -2.46. The van der Waals surface area contributed by atoms with Crippen molar-refractivity contribution in [1.82, 2.24) is 46.8 Å². The summed E-state index contributed by atoms with van der Waals surface area (Å²) in [6, 6.07) is 0.852. The summed E-state index contributed by atoms with van der Waals surface area (Å²) >= 11 is 0. The van der Waals surface area contributed by atoms with Crippen LogP contribution in [0.3, 0.4) is 0 Å². The Morgan fingerprint density at radius 2 is 2.12 bits per heavy atom. The molecule has 4 N–H and O–H groups in total. The molecule has 1 aliphatic carbocycles. The molecule has 2 aliphatic heterocycles. The van der Waals surface area contributed by atoms with Gasteiger partial charge in [-0.15, -0.1) is 5.10 Å². The lowest BCUT2D eigenvalue weighted by Gasteiger charge is -2.28. The number of nitrogens with one attached hydrogen (secondary N) is 4. The molecule has 3 fully saturated rings. The van der Waals surface area contributed by atoms with Crippen LogP contribution in [0, 0.1) is 11.8 Å². The van der Waals surface area contributed by atoms with Gasteiger partial charge in [0.25, 0.3) is 0 Å². The second-order valence-electron chi connectivity index (χ2n) is 7.39. The largest absolute Gasteiger partial charge is 0.344 e. The van der Waals surface area contributed by atoms with Crippen LogP contribution in [0.5, 0.6) is 0 Å². The van der Waals surface area contributed by atoms with Crippen LogP contribution in [-0.2, 0) is 4.79 Å². The van der Waals surface area contributed by atoms with E-state index in [1.165, 1.54) is 38.4 Å². The zero-order valence-electron chi connectivity index (χ0n) is 14.6. The molecule has 0 spiro atoms. The molecule has 10 heteroatoms. The van der Waals surface area contributed by atoms with Crippen molar-refractivity contribution in [1.29, 1.82) is 0 Å². The molecule has 10 nitrogen and oxygen atoms in total. The molecule has 3 heterocycles. The van der Waals surface area contributed by atoms with Crippen molar-refractivity contribution < 1.29 is 4.79 Å². The number of hydrogen-bond acceptors (Lipinski definition) is 8. The molecule has 1 aromatic heterocycles. The standard InChI is InChI=1S/C15H27N9O/c1-23(8-13-10-5-3-2-4-6-12(10)18-19-13)15(25)11-7-16-20-14(11)24-9-17-21-22-24/h9-14,16,18-20H,2-8H2,1H3. The average molecular weight is 349 g/mol. The molecule has 0 bridgehead atoms. The van der Waals surface area contributed by atoms with Gasteiger partial charge >= 0.3 is 0 Å². The van der Waals surface area contributed by atoms with E-state index < -0.39 is 0 Å². The van der Waals surface area contributed by atoms with Gasteiger partial charge in [-0.05, 0) is 29.2 Å². The van der Waals surface area contributed by atoms with Gasteiger partial charge in [0.15, 0.2) is 0 Å². The highest BCUT2D eigenvalue weighted by Crippen LogP contribution is 2.29. The van der Waals surface area contributed by atoms with Crippen molar-refractivity contribution in [2.45, 2.75) is 50.4 Å². The number of nitrogens with zero attached hydrogens (tertiary/aromatic N) is 5. The summed E-state index contributed by atoms with van der Waals surface area (Å²) in [5.41, 5.74) is 13.0. The zero-order chi connectivity index (χ0) is 17.2. The Morgan fingerprint density at radius 1 is 1.24 bits per heavy atom. The maximum Gasteiger partial charge on any atom is 0.230 e. The molecular formula is C15H27N9O. The predicted octanol–water partition coefficient (Wildman–Crippen LogP) is -1.22. The van der Waals surface area contributed by atoms with E-state index in [1.54, 1.807) is 4.68 Å². The number of aromatic nitrogens is 4. The van der Waals surface area contributed by atoms with E-state index in [1.807, 2.05) is 11.9 Å². The van der Waals surface area contributed by atoms with E-state index in [-0.39, 0.29) is 18.0 Å². The molecule has 4 rings (SSSR count). The monoisotopic (exact) mass is 349 g/mol. The maximum atomic E-state index is 13.0. The van der Waals surface area contributed by atoms with Crippen LogP contribution in [0.1, 0.15) is 38.3 Å². The molecule has 138 valence electrons. The van der Waals surface area contributed by atoms with E-state index in [9.17, 15) is 4.79 Å². The molecule has 1 amide bonds. The van der Waals surface area contributed by atoms with Gasteiger partial charge in [-0.1, -0.05) is 19.3 Å². The molecular weight excluding hydrogens is 322 g/mol. The third kappa shape index (κ3) is 3.39. The molecule has 25 heavy (non-hydrogen) atoms. The molecule has 3 aliphatic rings. The summed E-state index contributed by atoms with van der Waals surface area (Å²) in [6.07, 6.45) is 7.64. The minimum absolute atomic E-state index is 0.108. The van der Waals surface area contributed by atoms with Crippen molar-refractivity contribution in [3.8, 4) is 0 Å². The van der Waals surface area contributed by atoms with Crippen LogP contribution >= 0.6 is 0 Å². The van der Waals surface area contributed by atoms with Crippen LogP contribution in [0.25, 0.3) is 0 Å². The summed E-state index contributed by atoms with van der Waals surface area (Å²) in [4.78, 5) is 14.8. The molecule has 5 unspecified atom stereocenters. The number of carbonyl (C=O) groups is 1. The van der Waals surface area contributed by atoms with Gasteiger partial charge in [-0.3, -0.25) is 21.1 Å². The molecule has 0 aromatic carbocycles. The summed E-state index contributed by atoms with van der Waals surface area (Å²) in [6.45, 7) is 1.28. The Bertz CT molecular complexity index is 580. The minimum atomic E-state index is -0.259. The molecule has 1 saturated carbocycles. The van der Waals surface area contributed by atoms with Gasteiger partial charge in [0.1, 0.15) is 12.5 Å². The van der Waals surface area contributed by atoms with E-state index >= 15 is 0 Å². The Morgan fingerprint density at radius 3 is 2.96 bits per heavy atom. The van der Waals surface area contributed by atoms with Crippen LogP contribution in [0.2, 0.25) is 0 Å². The lowest BCUT2D eigenvalue weighted by molar-refractivity contribution is -0.135. The van der Waals surface area contributed by atoms with E-state index in [4.69, 9.17) is 0 Å². The quantitative estimate of drug-likeness (QED) is 0.535. The number of rotatable bonds is 4. The molecule has 2 saturated heterocycles. The van der Waals surface area contributed by atoms with Crippen LogP contribution < -0.4 is 21.7 Å². The van der Waals surface area contributed by atoms with Gasteiger partial charge in [-0.2, -0.15) is 0 Å². The second kappa shape index (κ2) is 7.32. The van der Waals surface area contributed by atoms with Crippen molar-refractivity contribution in [2.24, 2.45) is 11.8 Å². The number of likely N-dealkylation sites (N-methyl/N-ethyl adjacent to an activating group) is 1. The van der Waals surface area contributed by atoms with Crippen molar-refractivity contribution in [3.05, 3.63) is 6.33 Å². The number of hydrazine groups is 2. The van der Waals surface area contributed by atoms with Gasteiger partial charge in [0.05, 0.1) is 5.92 Å². The van der Waals surface area contributed by atoms with Gasteiger partial charge in [0, 0.05) is 32.2 Å². The number of amides is 1. The Kier molecular flexibility index (Phi) is 4.93. The van der Waals surface area contributed by atoms with E-state index in [2.05, 4.69) is 37.2 Å². The number of hydrogen-bond donors (Lipinski definition) is 4. The fourth-order valence-electron chi connectivity index (χ4n) is 4.42. The zero-order valence-corrected chi connectivity index (χ0v) is 14.6. The summed E-state index contributed by atoms with van der Waals surface area (Å²) in [5, 5.41) is 11.2. The average Bonchev–Trinajstić information content (AvgIpc) is 3.33. The summed E-state index contributed by atoms with van der Waals surface area (Å²) in [7, 11) is 1.89. The molecule has 1 aromatic rings. The maximum absolute atomic E-state index is 13.0. The van der Waals surface area contributed by atoms with Gasteiger partial charge < -0.3 is 4.90 Å². The van der Waals surface area contributed by atoms with Crippen molar-refractivity contribution in [3.63, 3.8) is 0 Å². The highest BCUT2D eigenvalue weighted by Gasteiger charge is 2.40. The van der Waals surface area contributed by atoms with E-state index in [0.717, 1.165) is 0 Å². The highest BCUT2D eigenvalue weighted by atomic mass is 16.2. The Hall–Kier alpha value is -1.62. The third-order valence-corrected chi connectivity index (χ3v) is 5.81. The minimum Gasteiger partial charge on any atom is -0.344 e. The molecule has 0 radical (unpaired) electrons. The number of fused-ring (bicyclic) bond motifs is 1. The summed E-state index contributed by atoms with van der Waals surface area (Å²) < 4.78 is 1.59. The highest BCUT2D eigenvalue weighted by molar-refractivity contribution is 5.79. The first kappa shape index (κ1) is 16.8. The Balaban J connectivity index is 1.39. The lowest BCUT2D eigenvalue weighted by atomic mass is 9.90. The first-order valence-electron chi connectivity index (χ1n) is 9.21.